The molecular weight excluding hydrogens is 132 g/mol. The van der Waals surface area contributed by atoms with Crippen LogP contribution in [0.15, 0.2) is 4.52 Å². The lowest BCUT2D eigenvalue weighted by Gasteiger charge is -1.82. The Bertz CT molecular complexity index is 57.7. The third kappa shape index (κ3) is 6.45. The van der Waals surface area contributed by atoms with Crippen molar-refractivity contribution in [3.63, 3.8) is 0 Å². The van der Waals surface area contributed by atoms with Gasteiger partial charge in [0, 0.05) is 14.2 Å². The minimum Gasteiger partial charge on any atom is -0.343 e. The van der Waals surface area contributed by atoms with Crippen LogP contribution in [0.4, 0.5) is 0 Å². The molecule has 0 aromatic carbocycles. The number of rotatable bonds is 3. The molecule has 0 spiro atoms. The molecule has 7 heavy (non-hydrogen) atoms. The van der Waals surface area contributed by atoms with E-state index in [9.17, 15) is 0 Å². The number of hydrogen-bond donors (Lipinski definition) is 0. The minimum absolute atomic E-state index is 0.209. The summed E-state index contributed by atoms with van der Waals surface area (Å²) in [5, 5.41) is 0. The monoisotopic (exact) mass is 139 g/mol. The SMILES string of the molecule is COP=NPOC. The van der Waals surface area contributed by atoms with Crippen LogP contribution in [0.25, 0.3) is 0 Å². The van der Waals surface area contributed by atoms with Crippen LogP contribution in [0.5, 0.6) is 0 Å². The van der Waals surface area contributed by atoms with Gasteiger partial charge in [0.15, 0.2) is 8.60 Å². The average Bonchev–Trinajstić information content (AvgIpc) is 1.69. The molecule has 0 aliphatic heterocycles. The lowest BCUT2D eigenvalue weighted by Crippen LogP contribution is -1.51. The largest absolute Gasteiger partial charge is 0.343 e. The molecule has 0 radical (unpaired) electrons. The average molecular weight is 139 g/mol. The first-order valence-electron chi connectivity index (χ1n) is 1.63. The van der Waals surface area contributed by atoms with Gasteiger partial charge in [0.25, 0.3) is 0 Å². The Morgan fingerprint density at radius 3 is 2.71 bits per heavy atom. The van der Waals surface area contributed by atoms with Gasteiger partial charge in [-0.25, -0.2) is 0 Å². The first-order valence-corrected chi connectivity index (χ1v) is 3.25. The molecule has 1 atom stereocenters. The normalized spacial score (nSPS) is 12.3. The van der Waals surface area contributed by atoms with Gasteiger partial charge in [-0.2, -0.15) is 4.52 Å². The van der Waals surface area contributed by atoms with Crippen molar-refractivity contribution in [2.45, 2.75) is 0 Å². The molecule has 1 unspecified atom stereocenters. The fourth-order valence-corrected chi connectivity index (χ4v) is 0.885. The van der Waals surface area contributed by atoms with Crippen LogP contribution in [-0.2, 0) is 9.05 Å². The summed E-state index contributed by atoms with van der Waals surface area (Å²) in [6, 6.07) is 0. The summed E-state index contributed by atoms with van der Waals surface area (Å²) in [5.74, 6) is 0. The molecule has 0 amide bonds. The van der Waals surface area contributed by atoms with Gasteiger partial charge < -0.3 is 9.05 Å². The molecule has 0 fully saturated rings. The molecule has 0 heterocycles. The van der Waals surface area contributed by atoms with E-state index in [1.807, 2.05) is 0 Å². The summed E-state index contributed by atoms with van der Waals surface area (Å²) in [6.07, 6.45) is 0. The molecule has 0 bridgehead atoms. The highest BCUT2D eigenvalue weighted by atomic mass is 31.1. The van der Waals surface area contributed by atoms with Gasteiger partial charge in [-0.05, 0) is 0 Å². The summed E-state index contributed by atoms with van der Waals surface area (Å²) in [7, 11) is 4.04. The predicted octanol–water partition coefficient (Wildman–Crippen LogP) is 1.83. The first kappa shape index (κ1) is 7.45. The third-order valence-corrected chi connectivity index (χ3v) is 1.25. The maximum absolute atomic E-state index is 4.62. The summed E-state index contributed by atoms with van der Waals surface area (Å²) in [6.45, 7) is 0. The minimum atomic E-state index is 0.209. The van der Waals surface area contributed by atoms with E-state index in [1.165, 1.54) is 0 Å². The Kier molecular flexibility index (Phi) is 6.86. The van der Waals surface area contributed by atoms with Gasteiger partial charge in [0.1, 0.15) is 8.96 Å². The van der Waals surface area contributed by atoms with E-state index < -0.39 is 0 Å². The lowest BCUT2D eigenvalue weighted by atomic mass is 11.8. The van der Waals surface area contributed by atoms with E-state index in [4.69, 9.17) is 0 Å². The Hall–Kier alpha value is 0.450. The Labute approximate surface area is 46.3 Å². The molecule has 0 saturated heterocycles. The second-order valence-electron chi connectivity index (χ2n) is 0.660. The molecule has 3 nitrogen and oxygen atoms in total. The Morgan fingerprint density at radius 2 is 2.29 bits per heavy atom. The van der Waals surface area contributed by atoms with E-state index in [0.717, 1.165) is 0 Å². The summed E-state index contributed by atoms with van der Waals surface area (Å²) >= 11 is 0. The second kappa shape index (κ2) is 6.45. The Balaban J connectivity index is 2.78. The lowest BCUT2D eigenvalue weighted by molar-refractivity contribution is 0.471. The van der Waals surface area contributed by atoms with Crippen molar-refractivity contribution in [2.75, 3.05) is 14.2 Å². The first-order chi connectivity index (χ1) is 3.41. The van der Waals surface area contributed by atoms with Crippen LogP contribution in [0.3, 0.4) is 0 Å². The van der Waals surface area contributed by atoms with E-state index in [2.05, 4.69) is 13.6 Å². The number of hydrogen-bond acceptors (Lipinski definition) is 3. The molecule has 0 aliphatic carbocycles. The summed E-state index contributed by atoms with van der Waals surface area (Å²) in [5.41, 5.74) is 0. The van der Waals surface area contributed by atoms with Gasteiger partial charge in [0.2, 0.25) is 0 Å². The smallest absolute Gasteiger partial charge is 0.177 e. The van der Waals surface area contributed by atoms with Crippen LogP contribution in [0.1, 0.15) is 0 Å². The van der Waals surface area contributed by atoms with Crippen molar-refractivity contribution in [1.29, 1.82) is 0 Å². The van der Waals surface area contributed by atoms with Gasteiger partial charge in [0.05, 0.1) is 0 Å². The molecule has 0 saturated carbocycles. The van der Waals surface area contributed by atoms with Crippen molar-refractivity contribution in [1.82, 2.24) is 0 Å². The maximum Gasteiger partial charge on any atom is 0.177 e. The van der Waals surface area contributed by atoms with Crippen LogP contribution in [0.2, 0.25) is 0 Å². The van der Waals surface area contributed by atoms with Gasteiger partial charge in [-0.1, -0.05) is 0 Å². The topological polar surface area (TPSA) is 30.8 Å². The molecule has 5 heteroatoms. The van der Waals surface area contributed by atoms with E-state index in [1.54, 1.807) is 14.2 Å². The third-order valence-electron chi connectivity index (χ3n) is 0.255. The van der Waals surface area contributed by atoms with Crippen LogP contribution in [0, 0.1) is 0 Å². The quantitative estimate of drug-likeness (QED) is 0.558. The van der Waals surface area contributed by atoms with Crippen LogP contribution >= 0.6 is 17.6 Å². The standard InChI is InChI=1S/C2H7NO2P2/c1-4-6-3-7-5-2/h6H,1-2H3. The molecule has 0 rings (SSSR count). The fraction of sp³-hybridized carbons (Fsp3) is 1.00. The molecule has 42 valence electrons. The van der Waals surface area contributed by atoms with Crippen molar-refractivity contribution in [3.8, 4) is 0 Å². The zero-order valence-electron chi connectivity index (χ0n) is 4.21. The molecule has 0 N–H and O–H groups in total. The van der Waals surface area contributed by atoms with Crippen LogP contribution < -0.4 is 0 Å². The van der Waals surface area contributed by atoms with E-state index in [0.29, 0.717) is 8.60 Å². The summed E-state index contributed by atoms with van der Waals surface area (Å²) in [4.78, 5) is 0. The zero-order chi connectivity index (χ0) is 5.54. The predicted molar refractivity (Wildman–Crippen MR) is 31.7 cm³/mol. The maximum atomic E-state index is 4.62. The molecule has 0 aromatic heterocycles. The second-order valence-corrected chi connectivity index (χ2v) is 2.58. The summed E-state index contributed by atoms with van der Waals surface area (Å²) < 4.78 is 13.0. The van der Waals surface area contributed by atoms with Crippen molar-refractivity contribution in [3.05, 3.63) is 0 Å². The van der Waals surface area contributed by atoms with Crippen molar-refractivity contribution < 1.29 is 9.05 Å². The van der Waals surface area contributed by atoms with E-state index in [-0.39, 0.29) is 8.96 Å². The molecular formula is C2H7NO2P2. The van der Waals surface area contributed by atoms with Crippen LogP contribution in [-0.4, -0.2) is 14.2 Å². The highest BCUT2D eigenvalue weighted by molar-refractivity contribution is 7.39. The van der Waals surface area contributed by atoms with Gasteiger partial charge >= 0.3 is 0 Å². The van der Waals surface area contributed by atoms with Crippen molar-refractivity contribution >= 4 is 17.6 Å². The zero-order valence-corrected chi connectivity index (χ0v) is 6.11. The highest BCUT2D eigenvalue weighted by Gasteiger charge is 1.68. The number of nitrogens with zero attached hydrogens (tertiary/aromatic N) is 1. The Morgan fingerprint density at radius 1 is 1.57 bits per heavy atom. The molecule has 0 aromatic rings. The molecule has 0 aliphatic rings. The van der Waals surface area contributed by atoms with E-state index >= 15 is 0 Å². The van der Waals surface area contributed by atoms with Crippen molar-refractivity contribution in [2.24, 2.45) is 4.52 Å². The van der Waals surface area contributed by atoms with Gasteiger partial charge in [-0.3, -0.25) is 0 Å². The highest BCUT2D eigenvalue weighted by Crippen LogP contribution is 2.17. The van der Waals surface area contributed by atoms with Gasteiger partial charge in [-0.15, -0.1) is 0 Å². The fourth-order valence-electron chi connectivity index (χ4n) is 0.0983.